The van der Waals surface area contributed by atoms with Gasteiger partial charge in [-0.15, -0.1) is 6.58 Å². The number of allylic oxidation sites excluding steroid dienone is 1. The van der Waals surface area contributed by atoms with Gasteiger partial charge in [-0.1, -0.05) is 36.4 Å². The lowest BCUT2D eigenvalue weighted by molar-refractivity contribution is -0.0321. The Morgan fingerprint density at radius 2 is 2.15 bits per heavy atom. The van der Waals surface area contributed by atoms with Gasteiger partial charge in [0.15, 0.2) is 0 Å². The SMILES string of the molecule is C=CCC1CC2OC[C@@H](c3ccccc3)N2[C@H](C#N)C1. The zero-order valence-corrected chi connectivity index (χ0v) is 11.6. The maximum Gasteiger partial charge on any atom is 0.112 e. The fourth-order valence-corrected chi connectivity index (χ4v) is 3.49. The number of nitrogens with zero attached hydrogens (tertiary/aromatic N) is 2. The fraction of sp³-hybridized carbons (Fsp3) is 0.471. The molecule has 2 aliphatic heterocycles. The van der Waals surface area contributed by atoms with Gasteiger partial charge in [0.1, 0.15) is 12.3 Å². The Balaban J connectivity index is 1.82. The van der Waals surface area contributed by atoms with E-state index in [1.807, 2.05) is 12.1 Å². The average Bonchev–Trinajstić information content (AvgIpc) is 2.91. The minimum Gasteiger partial charge on any atom is -0.361 e. The molecule has 3 nitrogen and oxygen atoms in total. The summed E-state index contributed by atoms with van der Waals surface area (Å²) in [6.07, 6.45) is 4.95. The van der Waals surface area contributed by atoms with Gasteiger partial charge in [-0.3, -0.25) is 4.90 Å². The van der Waals surface area contributed by atoms with Gasteiger partial charge in [-0.05, 0) is 30.7 Å². The standard InChI is InChI=1S/C17H20N2O/c1-2-6-13-9-15(11-18)19-16(12-20-17(19)10-13)14-7-4-3-5-8-14/h2-5,7-8,13,15-17H,1,6,9-10,12H2/t13?,15-,16-,17?/m0/s1. The first kappa shape index (κ1) is 13.4. The van der Waals surface area contributed by atoms with E-state index in [-0.39, 0.29) is 18.3 Å². The van der Waals surface area contributed by atoms with Crippen molar-refractivity contribution in [2.75, 3.05) is 6.61 Å². The number of fused-ring (bicyclic) bond motifs is 1. The van der Waals surface area contributed by atoms with Crippen LogP contribution in [0, 0.1) is 17.2 Å². The molecule has 104 valence electrons. The molecule has 0 amide bonds. The topological polar surface area (TPSA) is 36.3 Å². The number of hydrogen-bond acceptors (Lipinski definition) is 3. The van der Waals surface area contributed by atoms with Gasteiger partial charge in [0.05, 0.1) is 18.7 Å². The van der Waals surface area contributed by atoms with Crippen LogP contribution in [0.15, 0.2) is 43.0 Å². The minimum absolute atomic E-state index is 0.0496. The Hall–Kier alpha value is -1.63. The van der Waals surface area contributed by atoms with E-state index < -0.39 is 0 Å². The third-order valence-electron chi connectivity index (χ3n) is 4.42. The molecule has 3 rings (SSSR count). The molecule has 0 bridgehead atoms. The lowest BCUT2D eigenvalue weighted by Gasteiger charge is -2.39. The van der Waals surface area contributed by atoms with Crippen LogP contribution in [0.25, 0.3) is 0 Å². The molecular weight excluding hydrogens is 248 g/mol. The zero-order valence-electron chi connectivity index (χ0n) is 11.6. The normalized spacial score (nSPS) is 33.4. The summed E-state index contributed by atoms with van der Waals surface area (Å²) < 4.78 is 5.97. The molecule has 3 heteroatoms. The molecule has 0 aliphatic carbocycles. The van der Waals surface area contributed by atoms with E-state index in [9.17, 15) is 5.26 Å². The number of hydrogen-bond donors (Lipinski definition) is 0. The number of rotatable bonds is 3. The van der Waals surface area contributed by atoms with Crippen molar-refractivity contribution in [3.05, 3.63) is 48.6 Å². The zero-order chi connectivity index (χ0) is 13.9. The first-order chi connectivity index (χ1) is 9.83. The molecule has 2 aliphatic rings. The van der Waals surface area contributed by atoms with Crippen LogP contribution in [0.5, 0.6) is 0 Å². The van der Waals surface area contributed by atoms with E-state index >= 15 is 0 Å². The molecular formula is C17H20N2O. The van der Waals surface area contributed by atoms with Crippen molar-refractivity contribution in [1.82, 2.24) is 4.90 Å². The van der Waals surface area contributed by atoms with Crippen LogP contribution in [-0.2, 0) is 4.74 Å². The highest BCUT2D eigenvalue weighted by atomic mass is 16.5. The maximum absolute atomic E-state index is 9.52. The van der Waals surface area contributed by atoms with Crippen LogP contribution in [0.2, 0.25) is 0 Å². The quantitative estimate of drug-likeness (QED) is 0.789. The van der Waals surface area contributed by atoms with Crippen molar-refractivity contribution in [2.24, 2.45) is 5.92 Å². The molecule has 0 saturated carbocycles. The second kappa shape index (κ2) is 5.78. The highest BCUT2D eigenvalue weighted by Gasteiger charge is 2.44. The van der Waals surface area contributed by atoms with Crippen LogP contribution in [0.1, 0.15) is 30.9 Å². The summed E-state index contributed by atoms with van der Waals surface area (Å²) in [4.78, 5) is 2.27. The molecule has 2 heterocycles. The van der Waals surface area contributed by atoms with Crippen molar-refractivity contribution in [2.45, 2.75) is 37.6 Å². The average molecular weight is 268 g/mol. The number of nitriles is 1. The maximum atomic E-state index is 9.52. The predicted molar refractivity (Wildman–Crippen MR) is 77.7 cm³/mol. The molecule has 1 aromatic rings. The molecule has 0 radical (unpaired) electrons. The van der Waals surface area contributed by atoms with E-state index in [4.69, 9.17) is 4.74 Å². The van der Waals surface area contributed by atoms with E-state index in [1.54, 1.807) is 0 Å². The second-order valence-corrected chi connectivity index (χ2v) is 5.67. The molecule has 4 atom stereocenters. The van der Waals surface area contributed by atoms with Crippen molar-refractivity contribution < 1.29 is 4.74 Å². The van der Waals surface area contributed by atoms with Crippen LogP contribution in [-0.4, -0.2) is 23.8 Å². The number of ether oxygens (including phenoxy) is 1. The summed E-state index contributed by atoms with van der Waals surface area (Å²) in [7, 11) is 0. The summed E-state index contributed by atoms with van der Waals surface area (Å²) in [6.45, 7) is 4.50. The van der Waals surface area contributed by atoms with Gasteiger partial charge in [-0.25, -0.2) is 0 Å². The summed E-state index contributed by atoms with van der Waals surface area (Å²) in [6, 6.07) is 13.0. The highest BCUT2D eigenvalue weighted by molar-refractivity contribution is 5.21. The molecule has 20 heavy (non-hydrogen) atoms. The van der Waals surface area contributed by atoms with E-state index in [0.29, 0.717) is 12.5 Å². The molecule has 2 fully saturated rings. The highest BCUT2D eigenvalue weighted by Crippen LogP contribution is 2.41. The van der Waals surface area contributed by atoms with Crippen molar-refractivity contribution >= 4 is 0 Å². The largest absolute Gasteiger partial charge is 0.361 e. The van der Waals surface area contributed by atoms with Gasteiger partial charge >= 0.3 is 0 Å². The monoisotopic (exact) mass is 268 g/mol. The van der Waals surface area contributed by atoms with E-state index in [0.717, 1.165) is 19.3 Å². The Bertz CT molecular complexity index is 507. The van der Waals surface area contributed by atoms with Crippen LogP contribution in [0.3, 0.4) is 0 Å². The van der Waals surface area contributed by atoms with Crippen LogP contribution < -0.4 is 0 Å². The van der Waals surface area contributed by atoms with Crippen LogP contribution in [0.4, 0.5) is 0 Å². The predicted octanol–water partition coefficient (Wildman–Crippen LogP) is 3.26. The van der Waals surface area contributed by atoms with Gasteiger partial charge in [-0.2, -0.15) is 5.26 Å². The van der Waals surface area contributed by atoms with Gasteiger partial charge in [0, 0.05) is 0 Å². The molecule has 0 N–H and O–H groups in total. The number of piperidine rings is 1. The molecule has 2 unspecified atom stereocenters. The van der Waals surface area contributed by atoms with Gasteiger partial charge in [0.2, 0.25) is 0 Å². The van der Waals surface area contributed by atoms with Crippen molar-refractivity contribution in [3.8, 4) is 6.07 Å². The summed E-state index contributed by atoms with van der Waals surface area (Å²) in [5, 5.41) is 9.52. The lowest BCUT2D eigenvalue weighted by Crippen LogP contribution is -2.46. The Morgan fingerprint density at radius 3 is 2.85 bits per heavy atom. The molecule has 0 spiro atoms. The second-order valence-electron chi connectivity index (χ2n) is 5.67. The number of benzene rings is 1. The first-order valence-corrected chi connectivity index (χ1v) is 7.28. The van der Waals surface area contributed by atoms with Crippen molar-refractivity contribution in [1.29, 1.82) is 5.26 Å². The summed E-state index contributed by atoms with van der Waals surface area (Å²) in [5.74, 6) is 0.521. The third kappa shape index (κ3) is 2.37. The molecule has 2 saturated heterocycles. The van der Waals surface area contributed by atoms with Gasteiger partial charge in [0.25, 0.3) is 0 Å². The molecule has 1 aromatic carbocycles. The fourth-order valence-electron chi connectivity index (χ4n) is 3.49. The summed E-state index contributed by atoms with van der Waals surface area (Å²) >= 11 is 0. The first-order valence-electron chi connectivity index (χ1n) is 7.28. The van der Waals surface area contributed by atoms with Crippen LogP contribution >= 0.6 is 0 Å². The molecule has 0 aromatic heterocycles. The van der Waals surface area contributed by atoms with E-state index in [2.05, 4.69) is 41.8 Å². The van der Waals surface area contributed by atoms with E-state index in [1.165, 1.54) is 5.56 Å². The van der Waals surface area contributed by atoms with Gasteiger partial charge < -0.3 is 4.74 Å². The summed E-state index contributed by atoms with van der Waals surface area (Å²) in [5.41, 5.74) is 1.25. The minimum atomic E-state index is -0.0496. The Kier molecular flexibility index (Phi) is 3.86. The Labute approximate surface area is 120 Å². The lowest BCUT2D eigenvalue weighted by atomic mass is 9.87. The smallest absolute Gasteiger partial charge is 0.112 e. The third-order valence-corrected chi connectivity index (χ3v) is 4.42. The van der Waals surface area contributed by atoms with Crippen molar-refractivity contribution in [3.63, 3.8) is 0 Å². The Morgan fingerprint density at radius 1 is 1.35 bits per heavy atom.